The van der Waals surface area contributed by atoms with Crippen LogP contribution in [0.3, 0.4) is 0 Å². The number of aryl methyl sites for hydroxylation is 1. The third kappa shape index (κ3) is 1.37. The summed E-state index contributed by atoms with van der Waals surface area (Å²) in [5.41, 5.74) is 4.12. The van der Waals surface area contributed by atoms with Gasteiger partial charge in [0.25, 0.3) is 0 Å². The number of fused-ring (bicyclic) bond motifs is 1. The number of para-hydroxylation sites is 1. The first-order valence-corrected chi connectivity index (χ1v) is 6.05. The first-order valence-electron chi connectivity index (χ1n) is 6.05. The van der Waals surface area contributed by atoms with Crippen LogP contribution in [0.4, 0.5) is 0 Å². The van der Waals surface area contributed by atoms with E-state index in [1.54, 1.807) is 0 Å². The van der Waals surface area contributed by atoms with Gasteiger partial charge in [0.1, 0.15) is 0 Å². The van der Waals surface area contributed by atoms with E-state index in [1.807, 2.05) is 0 Å². The van der Waals surface area contributed by atoms with Crippen molar-refractivity contribution in [2.24, 2.45) is 0 Å². The molecule has 0 unspecified atom stereocenters. The maximum absolute atomic E-state index is 3.50. The van der Waals surface area contributed by atoms with Crippen molar-refractivity contribution in [1.29, 1.82) is 0 Å². The Morgan fingerprint density at radius 1 is 1.31 bits per heavy atom. The fraction of sp³-hybridized carbons (Fsp3) is 0.429. The zero-order valence-corrected chi connectivity index (χ0v) is 9.96. The van der Waals surface area contributed by atoms with Gasteiger partial charge in [0.05, 0.1) is 0 Å². The van der Waals surface area contributed by atoms with Gasteiger partial charge in [-0.1, -0.05) is 18.2 Å². The lowest BCUT2D eigenvalue weighted by Gasteiger charge is -2.20. The number of aromatic amines is 1. The largest absolute Gasteiger partial charge is 0.358 e. The first kappa shape index (κ1) is 9.91. The molecule has 16 heavy (non-hydrogen) atoms. The van der Waals surface area contributed by atoms with Crippen LogP contribution in [0.25, 0.3) is 10.9 Å². The van der Waals surface area contributed by atoms with Gasteiger partial charge in [0.2, 0.25) is 0 Å². The zero-order valence-electron chi connectivity index (χ0n) is 9.96. The Labute approximate surface area is 96.3 Å². The molecule has 0 amide bonds. The van der Waals surface area contributed by atoms with E-state index < -0.39 is 0 Å². The number of nitrogens with zero attached hydrogens (tertiary/aromatic N) is 1. The normalized spacial score (nSPS) is 22.0. The molecule has 1 aliphatic rings. The standard InChI is InChI=1S/C14H18N2/c1-10-14(13-8-5-9-16(13)2)11-6-3-4-7-12(11)15-10/h3-4,6-7,13,15H,5,8-9H2,1-2H3/t13-/m1/s1. The maximum atomic E-state index is 3.50. The van der Waals surface area contributed by atoms with Gasteiger partial charge in [0, 0.05) is 22.6 Å². The third-order valence-electron chi connectivity index (χ3n) is 3.80. The number of aromatic nitrogens is 1. The van der Waals surface area contributed by atoms with Crippen LogP contribution in [0.1, 0.15) is 30.1 Å². The molecule has 0 saturated carbocycles. The summed E-state index contributed by atoms with van der Waals surface area (Å²) in [5.74, 6) is 0. The summed E-state index contributed by atoms with van der Waals surface area (Å²) in [6.45, 7) is 3.42. The molecule has 1 N–H and O–H groups in total. The fourth-order valence-electron chi connectivity index (χ4n) is 3.00. The van der Waals surface area contributed by atoms with Crippen molar-refractivity contribution in [3.63, 3.8) is 0 Å². The summed E-state index contributed by atoms with van der Waals surface area (Å²) in [7, 11) is 2.24. The first-order chi connectivity index (χ1) is 7.77. The summed E-state index contributed by atoms with van der Waals surface area (Å²) in [4.78, 5) is 5.97. The highest BCUT2D eigenvalue weighted by Gasteiger charge is 2.26. The number of hydrogen-bond acceptors (Lipinski definition) is 1. The topological polar surface area (TPSA) is 19.0 Å². The van der Waals surface area contributed by atoms with Crippen molar-refractivity contribution >= 4 is 10.9 Å². The maximum Gasteiger partial charge on any atom is 0.0459 e. The molecule has 1 aromatic heterocycles. The van der Waals surface area contributed by atoms with E-state index >= 15 is 0 Å². The second-order valence-corrected chi connectivity index (χ2v) is 4.85. The summed E-state index contributed by atoms with van der Waals surface area (Å²) in [5, 5.41) is 1.40. The van der Waals surface area contributed by atoms with Crippen LogP contribution >= 0.6 is 0 Å². The number of likely N-dealkylation sites (tertiary alicyclic amines) is 1. The Morgan fingerprint density at radius 3 is 2.88 bits per heavy atom. The monoisotopic (exact) mass is 214 g/mol. The lowest BCUT2D eigenvalue weighted by molar-refractivity contribution is 0.318. The van der Waals surface area contributed by atoms with E-state index in [-0.39, 0.29) is 0 Å². The molecular weight excluding hydrogens is 196 g/mol. The third-order valence-corrected chi connectivity index (χ3v) is 3.80. The molecule has 2 heteroatoms. The van der Waals surface area contributed by atoms with E-state index in [0.717, 1.165) is 0 Å². The van der Waals surface area contributed by atoms with Crippen molar-refractivity contribution in [3.05, 3.63) is 35.5 Å². The van der Waals surface area contributed by atoms with Crippen molar-refractivity contribution in [1.82, 2.24) is 9.88 Å². The molecule has 1 aliphatic heterocycles. The van der Waals surface area contributed by atoms with Crippen LogP contribution < -0.4 is 0 Å². The minimum atomic E-state index is 0.608. The van der Waals surface area contributed by atoms with Crippen LogP contribution in [-0.2, 0) is 0 Å². The van der Waals surface area contributed by atoms with E-state index in [1.165, 1.54) is 41.5 Å². The highest BCUT2D eigenvalue weighted by Crippen LogP contribution is 2.36. The molecule has 0 aliphatic carbocycles. The van der Waals surface area contributed by atoms with Gasteiger partial charge < -0.3 is 4.98 Å². The number of H-pyrrole nitrogens is 1. The van der Waals surface area contributed by atoms with Gasteiger partial charge in [-0.25, -0.2) is 0 Å². The molecule has 2 aromatic rings. The quantitative estimate of drug-likeness (QED) is 0.772. The highest BCUT2D eigenvalue weighted by atomic mass is 15.1. The number of nitrogens with one attached hydrogen (secondary N) is 1. The Kier molecular flexibility index (Phi) is 2.25. The minimum absolute atomic E-state index is 0.608. The molecule has 84 valence electrons. The van der Waals surface area contributed by atoms with E-state index in [9.17, 15) is 0 Å². The number of hydrogen-bond donors (Lipinski definition) is 1. The minimum Gasteiger partial charge on any atom is -0.358 e. The van der Waals surface area contributed by atoms with Gasteiger partial charge in [-0.05, 0) is 45.0 Å². The van der Waals surface area contributed by atoms with Crippen molar-refractivity contribution < 1.29 is 0 Å². The van der Waals surface area contributed by atoms with Gasteiger partial charge in [-0.15, -0.1) is 0 Å². The average molecular weight is 214 g/mol. The molecule has 1 atom stereocenters. The van der Waals surface area contributed by atoms with Gasteiger partial charge in [-0.2, -0.15) is 0 Å². The van der Waals surface area contributed by atoms with Crippen molar-refractivity contribution in [2.75, 3.05) is 13.6 Å². The molecule has 1 fully saturated rings. The summed E-state index contributed by atoms with van der Waals surface area (Å²) in [6, 6.07) is 9.24. The number of benzene rings is 1. The van der Waals surface area contributed by atoms with E-state index in [2.05, 4.69) is 48.1 Å². The Balaban J connectivity index is 2.18. The summed E-state index contributed by atoms with van der Waals surface area (Å²) >= 11 is 0. The zero-order chi connectivity index (χ0) is 11.1. The van der Waals surface area contributed by atoms with Crippen LogP contribution in [0, 0.1) is 6.92 Å². The molecule has 0 radical (unpaired) electrons. The van der Waals surface area contributed by atoms with Gasteiger partial charge in [0.15, 0.2) is 0 Å². The van der Waals surface area contributed by atoms with Crippen LogP contribution in [0.15, 0.2) is 24.3 Å². The molecule has 0 spiro atoms. The molecule has 0 bridgehead atoms. The van der Waals surface area contributed by atoms with Crippen LogP contribution in [0.5, 0.6) is 0 Å². The Morgan fingerprint density at radius 2 is 2.12 bits per heavy atom. The molecule has 1 aromatic carbocycles. The number of rotatable bonds is 1. The predicted molar refractivity (Wildman–Crippen MR) is 67.6 cm³/mol. The second kappa shape index (κ2) is 3.63. The summed E-state index contributed by atoms with van der Waals surface area (Å²) in [6.07, 6.45) is 2.61. The Bertz CT molecular complexity index is 512. The van der Waals surface area contributed by atoms with E-state index in [0.29, 0.717) is 6.04 Å². The van der Waals surface area contributed by atoms with E-state index in [4.69, 9.17) is 0 Å². The SMILES string of the molecule is Cc1[nH]c2ccccc2c1[C@H]1CCCN1C. The average Bonchev–Trinajstić information content (AvgIpc) is 2.81. The smallest absolute Gasteiger partial charge is 0.0459 e. The Hall–Kier alpha value is -1.28. The molecule has 2 nitrogen and oxygen atoms in total. The van der Waals surface area contributed by atoms with Crippen molar-refractivity contribution in [3.8, 4) is 0 Å². The molecular formula is C14H18N2. The predicted octanol–water partition coefficient (Wildman–Crippen LogP) is 3.24. The van der Waals surface area contributed by atoms with Gasteiger partial charge in [-0.3, -0.25) is 4.90 Å². The summed E-state index contributed by atoms with van der Waals surface area (Å²) < 4.78 is 0. The lowest BCUT2D eigenvalue weighted by Crippen LogP contribution is -2.17. The fourth-order valence-corrected chi connectivity index (χ4v) is 3.00. The molecule has 3 rings (SSSR count). The molecule has 2 heterocycles. The van der Waals surface area contributed by atoms with Crippen molar-refractivity contribution in [2.45, 2.75) is 25.8 Å². The second-order valence-electron chi connectivity index (χ2n) is 4.85. The molecule has 1 saturated heterocycles. The lowest BCUT2D eigenvalue weighted by atomic mass is 10.0. The van der Waals surface area contributed by atoms with Crippen LogP contribution in [0.2, 0.25) is 0 Å². The highest BCUT2D eigenvalue weighted by molar-refractivity contribution is 5.85. The van der Waals surface area contributed by atoms with Crippen LogP contribution in [-0.4, -0.2) is 23.5 Å². The van der Waals surface area contributed by atoms with Gasteiger partial charge >= 0.3 is 0 Å².